The van der Waals surface area contributed by atoms with Gasteiger partial charge in [0.2, 0.25) is 0 Å². The Hall–Kier alpha value is -3.38. The van der Waals surface area contributed by atoms with Crippen molar-refractivity contribution < 1.29 is 33.0 Å². The van der Waals surface area contributed by atoms with Gasteiger partial charge in [-0.15, -0.1) is 0 Å². The molecular formula is C19H15F3N2O4. The lowest BCUT2D eigenvalue weighted by Crippen LogP contribution is -2.44. The van der Waals surface area contributed by atoms with Crippen LogP contribution < -0.4 is 5.32 Å². The van der Waals surface area contributed by atoms with Crippen LogP contribution >= 0.6 is 0 Å². The number of nitriles is 1. The Morgan fingerprint density at radius 2 is 1.71 bits per heavy atom. The van der Waals surface area contributed by atoms with Gasteiger partial charge in [0.25, 0.3) is 5.91 Å². The van der Waals surface area contributed by atoms with Gasteiger partial charge in [-0.25, -0.2) is 4.79 Å². The van der Waals surface area contributed by atoms with Crippen LogP contribution in [0, 0.1) is 11.3 Å². The standard InChI is InChI=1S/C19H15F3N2O4/c20-19(21,22)14-7-5-11(6-8-14)16(25)17(26)24-15(18(27)28)9-12-3-1-2-4-13(12)10-23/h1-8,15-16,25H,9H2,(H,24,26)(H,27,28)/t15-,16-/m1/s1. The number of hydrogen-bond donors (Lipinski definition) is 3. The molecule has 0 saturated heterocycles. The first kappa shape index (κ1) is 20.9. The van der Waals surface area contributed by atoms with Crippen molar-refractivity contribution in [1.82, 2.24) is 5.32 Å². The number of nitrogens with one attached hydrogen (secondary N) is 1. The Labute approximate surface area is 157 Å². The monoisotopic (exact) mass is 392 g/mol. The molecule has 2 rings (SSSR count). The highest BCUT2D eigenvalue weighted by atomic mass is 19.4. The smallest absolute Gasteiger partial charge is 0.416 e. The van der Waals surface area contributed by atoms with Gasteiger partial charge in [-0.3, -0.25) is 4.79 Å². The van der Waals surface area contributed by atoms with E-state index in [0.717, 1.165) is 12.1 Å². The Kier molecular flexibility index (Phi) is 6.38. The molecule has 0 fully saturated rings. The first-order chi connectivity index (χ1) is 13.1. The number of carboxylic acid groups (broad SMARTS) is 1. The minimum atomic E-state index is -4.56. The summed E-state index contributed by atoms with van der Waals surface area (Å²) in [6, 6.07) is 10.0. The fourth-order valence-corrected chi connectivity index (χ4v) is 2.48. The summed E-state index contributed by atoms with van der Waals surface area (Å²) in [5, 5.41) is 30.6. The van der Waals surface area contributed by atoms with Crippen LogP contribution in [-0.2, 0) is 22.2 Å². The Morgan fingerprint density at radius 1 is 1.11 bits per heavy atom. The van der Waals surface area contributed by atoms with E-state index in [2.05, 4.69) is 5.32 Å². The van der Waals surface area contributed by atoms with Crippen LogP contribution in [0.4, 0.5) is 13.2 Å². The summed E-state index contributed by atoms with van der Waals surface area (Å²) in [5.41, 5.74) is -0.430. The van der Waals surface area contributed by atoms with Crippen LogP contribution in [0.3, 0.4) is 0 Å². The van der Waals surface area contributed by atoms with Crippen LogP contribution in [-0.4, -0.2) is 28.1 Å². The van der Waals surface area contributed by atoms with Crippen LogP contribution in [0.2, 0.25) is 0 Å². The summed E-state index contributed by atoms with van der Waals surface area (Å²) in [6.07, 6.45) is -6.62. The van der Waals surface area contributed by atoms with Crippen molar-refractivity contribution >= 4 is 11.9 Å². The molecule has 6 nitrogen and oxygen atoms in total. The molecule has 0 heterocycles. The van der Waals surface area contributed by atoms with E-state index in [0.29, 0.717) is 17.7 Å². The number of halogens is 3. The molecule has 0 aliphatic carbocycles. The first-order valence-corrected chi connectivity index (χ1v) is 8.00. The van der Waals surface area contributed by atoms with Crippen molar-refractivity contribution in [3.05, 3.63) is 70.8 Å². The topological polar surface area (TPSA) is 110 Å². The van der Waals surface area contributed by atoms with Gasteiger partial charge in [-0.2, -0.15) is 18.4 Å². The third-order valence-electron chi connectivity index (χ3n) is 3.98. The molecule has 0 saturated carbocycles. The van der Waals surface area contributed by atoms with E-state index < -0.39 is 35.8 Å². The molecule has 0 aliphatic heterocycles. The molecule has 0 aromatic heterocycles. The lowest BCUT2D eigenvalue weighted by Gasteiger charge is -2.18. The average Bonchev–Trinajstić information content (AvgIpc) is 2.66. The number of rotatable bonds is 6. The molecule has 146 valence electrons. The van der Waals surface area contributed by atoms with Gasteiger partial charge in [-0.05, 0) is 29.3 Å². The normalized spacial score (nSPS) is 13.2. The van der Waals surface area contributed by atoms with Crippen LogP contribution in [0.5, 0.6) is 0 Å². The van der Waals surface area contributed by atoms with Gasteiger partial charge in [0, 0.05) is 6.42 Å². The fraction of sp³-hybridized carbons (Fsp3) is 0.211. The van der Waals surface area contributed by atoms with Crippen LogP contribution in [0.1, 0.15) is 28.4 Å². The second-order valence-corrected chi connectivity index (χ2v) is 5.89. The van der Waals surface area contributed by atoms with Gasteiger partial charge in [-0.1, -0.05) is 30.3 Å². The summed E-state index contributed by atoms with van der Waals surface area (Å²) in [7, 11) is 0. The lowest BCUT2D eigenvalue weighted by molar-refractivity contribution is -0.143. The number of benzene rings is 2. The fourth-order valence-electron chi connectivity index (χ4n) is 2.48. The molecule has 28 heavy (non-hydrogen) atoms. The van der Waals surface area contributed by atoms with Gasteiger partial charge >= 0.3 is 12.1 Å². The van der Waals surface area contributed by atoms with Crippen molar-refractivity contribution in [2.75, 3.05) is 0 Å². The predicted octanol–water partition coefficient (Wildman–Crippen LogP) is 2.42. The minimum Gasteiger partial charge on any atom is -0.480 e. The maximum atomic E-state index is 12.6. The first-order valence-electron chi connectivity index (χ1n) is 8.00. The van der Waals surface area contributed by atoms with E-state index in [4.69, 9.17) is 5.26 Å². The largest absolute Gasteiger partial charge is 0.480 e. The summed E-state index contributed by atoms with van der Waals surface area (Å²) in [5.74, 6) is -2.47. The number of carbonyl (C=O) groups is 2. The Balaban J connectivity index is 2.13. The van der Waals surface area contributed by atoms with Crippen molar-refractivity contribution in [3.8, 4) is 6.07 Å². The minimum absolute atomic E-state index is 0.118. The summed E-state index contributed by atoms with van der Waals surface area (Å²) >= 11 is 0. The second-order valence-electron chi connectivity index (χ2n) is 5.89. The number of alkyl halides is 3. The van der Waals surface area contributed by atoms with E-state index in [1.165, 1.54) is 12.1 Å². The van der Waals surface area contributed by atoms with E-state index in [-0.39, 0.29) is 17.5 Å². The molecule has 0 aliphatic rings. The Morgan fingerprint density at radius 3 is 2.25 bits per heavy atom. The molecule has 3 N–H and O–H groups in total. The van der Waals surface area contributed by atoms with E-state index in [9.17, 15) is 33.0 Å². The molecule has 9 heteroatoms. The molecule has 1 amide bonds. The third kappa shape index (κ3) is 5.08. The molecule has 0 radical (unpaired) electrons. The number of nitrogens with zero attached hydrogens (tertiary/aromatic N) is 1. The van der Waals surface area contributed by atoms with E-state index in [1.807, 2.05) is 6.07 Å². The number of aliphatic hydroxyl groups excluding tert-OH is 1. The molecule has 2 aromatic carbocycles. The van der Waals surface area contributed by atoms with E-state index >= 15 is 0 Å². The van der Waals surface area contributed by atoms with Gasteiger partial charge < -0.3 is 15.5 Å². The number of aliphatic hydroxyl groups is 1. The predicted molar refractivity (Wildman–Crippen MR) is 90.8 cm³/mol. The van der Waals surface area contributed by atoms with Gasteiger partial charge in [0.05, 0.1) is 17.2 Å². The number of hydrogen-bond acceptors (Lipinski definition) is 4. The molecule has 0 bridgehead atoms. The number of aliphatic carboxylic acids is 1. The maximum Gasteiger partial charge on any atom is 0.416 e. The average molecular weight is 392 g/mol. The summed E-state index contributed by atoms with van der Waals surface area (Å²) < 4.78 is 37.7. The SMILES string of the molecule is N#Cc1ccccc1C[C@@H](NC(=O)[C@H](O)c1ccc(C(F)(F)F)cc1)C(=O)O. The number of carbonyl (C=O) groups excluding carboxylic acids is 1. The molecule has 0 unspecified atom stereocenters. The molecule has 2 aromatic rings. The zero-order chi connectivity index (χ0) is 20.9. The quantitative estimate of drug-likeness (QED) is 0.699. The second kappa shape index (κ2) is 8.54. The van der Waals surface area contributed by atoms with Crippen LogP contribution in [0.15, 0.2) is 48.5 Å². The summed E-state index contributed by atoms with van der Waals surface area (Å²) in [4.78, 5) is 23.6. The number of carboxylic acids is 1. The highest BCUT2D eigenvalue weighted by Gasteiger charge is 2.31. The summed E-state index contributed by atoms with van der Waals surface area (Å²) in [6.45, 7) is 0. The highest BCUT2D eigenvalue weighted by molar-refractivity contribution is 5.87. The molecule has 0 spiro atoms. The van der Waals surface area contributed by atoms with Crippen molar-refractivity contribution in [1.29, 1.82) is 5.26 Å². The van der Waals surface area contributed by atoms with Crippen molar-refractivity contribution in [3.63, 3.8) is 0 Å². The zero-order valence-electron chi connectivity index (χ0n) is 14.3. The van der Waals surface area contributed by atoms with Crippen LogP contribution in [0.25, 0.3) is 0 Å². The lowest BCUT2D eigenvalue weighted by atomic mass is 10.00. The maximum absolute atomic E-state index is 12.6. The van der Waals surface area contributed by atoms with E-state index in [1.54, 1.807) is 12.1 Å². The van der Waals surface area contributed by atoms with Crippen molar-refractivity contribution in [2.24, 2.45) is 0 Å². The Bertz CT molecular complexity index is 905. The zero-order valence-corrected chi connectivity index (χ0v) is 14.3. The highest BCUT2D eigenvalue weighted by Crippen LogP contribution is 2.30. The number of amides is 1. The molecule has 2 atom stereocenters. The van der Waals surface area contributed by atoms with Gasteiger partial charge in [0.15, 0.2) is 6.10 Å². The third-order valence-corrected chi connectivity index (χ3v) is 3.98. The van der Waals surface area contributed by atoms with Gasteiger partial charge in [0.1, 0.15) is 6.04 Å². The molecular weight excluding hydrogens is 377 g/mol. The van der Waals surface area contributed by atoms with Crippen molar-refractivity contribution in [2.45, 2.75) is 24.7 Å².